The second-order valence-electron chi connectivity index (χ2n) is 7.62. The van der Waals surface area contributed by atoms with E-state index in [4.69, 9.17) is 9.73 Å². The minimum atomic E-state index is 0.0329. The van der Waals surface area contributed by atoms with Crippen LogP contribution >= 0.6 is 0 Å². The molecule has 1 unspecified atom stereocenters. The second-order valence-corrected chi connectivity index (χ2v) is 7.62. The number of guanidine groups is 1. The third kappa shape index (κ3) is 8.83. The van der Waals surface area contributed by atoms with Crippen LogP contribution in [0.3, 0.4) is 0 Å². The molecule has 1 heterocycles. The Morgan fingerprint density at radius 2 is 1.86 bits per heavy atom. The molecule has 0 saturated carbocycles. The van der Waals surface area contributed by atoms with Gasteiger partial charge in [0.05, 0.1) is 19.8 Å². The van der Waals surface area contributed by atoms with Crippen LogP contribution in [-0.2, 0) is 16.1 Å². The van der Waals surface area contributed by atoms with E-state index in [0.29, 0.717) is 31.5 Å². The molecule has 1 aliphatic rings. The number of carbonyl (C=O) groups excluding carboxylic acids is 1. The highest BCUT2D eigenvalue weighted by molar-refractivity contribution is 5.81. The van der Waals surface area contributed by atoms with Crippen LogP contribution in [0.15, 0.2) is 35.3 Å². The van der Waals surface area contributed by atoms with Crippen LogP contribution in [-0.4, -0.2) is 68.7 Å². The fourth-order valence-corrected chi connectivity index (χ4v) is 3.36. The van der Waals surface area contributed by atoms with Gasteiger partial charge in [0.25, 0.3) is 0 Å². The minimum absolute atomic E-state index is 0.0329. The number of benzene rings is 1. The molecule has 1 aromatic rings. The van der Waals surface area contributed by atoms with Crippen molar-refractivity contribution < 1.29 is 9.53 Å². The lowest BCUT2D eigenvalue weighted by Crippen LogP contribution is -2.48. The van der Waals surface area contributed by atoms with Crippen LogP contribution in [0.1, 0.15) is 32.8 Å². The maximum Gasteiger partial charge on any atom is 0.222 e. The van der Waals surface area contributed by atoms with Crippen LogP contribution < -0.4 is 16.0 Å². The normalized spacial score (nSPS) is 16.5. The smallest absolute Gasteiger partial charge is 0.222 e. The highest BCUT2D eigenvalue weighted by Gasteiger charge is 2.23. The van der Waals surface area contributed by atoms with Crippen LogP contribution in [0.5, 0.6) is 0 Å². The molecule has 1 fully saturated rings. The molecular formula is C22H37N5O2. The topological polar surface area (TPSA) is 78.0 Å². The van der Waals surface area contributed by atoms with Crippen molar-refractivity contribution in [1.29, 1.82) is 0 Å². The van der Waals surface area contributed by atoms with Gasteiger partial charge in [-0.1, -0.05) is 44.2 Å². The summed E-state index contributed by atoms with van der Waals surface area (Å²) in [6, 6.07) is 10.3. The first-order chi connectivity index (χ1) is 14.1. The van der Waals surface area contributed by atoms with Crippen molar-refractivity contribution >= 4 is 11.9 Å². The van der Waals surface area contributed by atoms with Crippen LogP contribution in [0.2, 0.25) is 0 Å². The molecule has 7 heteroatoms. The summed E-state index contributed by atoms with van der Waals surface area (Å²) in [7, 11) is 0. The monoisotopic (exact) mass is 403 g/mol. The molecule has 162 valence electrons. The van der Waals surface area contributed by atoms with E-state index in [-0.39, 0.29) is 5.91 Å². The number of nitrogens with zero attached hydrogens (tertiary/aromatic N) is 2. The molecule has 1 saturated heterocycles. The van der Waals surface area contributed by atoms with Gasteiger partial charge in [0.1, 0.15) is 0 Å². The van der Waals surface area contributed by atoms with Gasteiger partial charge >= 0.3 is 0 Å². The summed E-state index contributed by atoms with van der Waals surface area (Å²) in [5.41, 5.74) is 1.10. The SMILES string of the molecule is CCNC(=NCC(C(C)C)N1CCOCC1)NCCC(=O)NCc1ccccc1. The molecule has 1 amide bonds. The van der Waals surface area contributed by atoms with Crippen molar-refractivity contribution in [2.24, 2.45) is 10.9 Å². The van der Waals surface area contributed by atoms with Crippen molar-refractivity contribution in [3.05, 3.63) is 35.9 Å². The second kappa shape index (κ2) is 13.2. The summed E-state index contributed by atoms with van der Waals surface area (Å²) in [4.78, 5) is 19.3. The van der Waals surface area contributed by atoms with Crippen LogP contribution in [0.4, 0.5) is 0 Å². The molecule has 0 spiro atoms. The highest BCUT2D eigenvalue weighted by atomic mass is 16.5. The lowest BCUT2D eigenvalue weighted by molar-refractivity contribution is -0.121. The Bertz CT molecular complexity index is 615. The van der Waals surface area contributed by atoms with Gasteiger partial charge in [-0.2, -0.15) is 0 Å². The summed E-state index contributed by atoms with van der Waals surface area (Å²) < 4.78 is 5.48. The number of hydrogen-bond acceptors (Lipinski definition) is 4. The quantitative estimate of drug-likeness (QED) is 0.409. The van der Waals surface area contributed by atoms with Gasteiger partial charge in [-0.25, -0.2) is 0 Å². The Hall–Kier alpha value is -2.12. The molecule has 29 heavy (non-hydrogen) atoms. The first-order valence-electron chi connectivity index (χ1n) is 10.7. The number of aliphatic imine (C=N–C) groups is 1. The standard InChI is InChI=1S/C22H37N5O2/c1-4-23-22(26-17-20(18(2)3)27-12-14-29-15-13-27)24-11-10-21(28)25-16-19-8-6-5-7-9-19/h5-9,18,20H,4,10-17H2,1-3H3,(H,25,28)(H2,23,24,26). The fourth-order valence-electron chi connectivity index (χ4n) is 3.36. The Labute approximate surface area is 175 Å². The van der Waals surface area contributed by atoms with Crippen molar-refractivity contribution in [1.82, 2.24) is 20.9 Å². The first-order valence-corrected chi connectivity index (χ1v) is 10.7. The molecule has 1 atom stereocenters. The summed E-state index contributed by atoms with van der Waals surface area (Å²) in [5.74, 6) is 1.32. The Morgan fingerprint density at radius 3 is 2.52 bits per heavy atom. The zero-order valence-corrected chi connectivity index (χ0v) is 18.1. The fraction of sp³-hybridized carbons (Fsp3) is 0.636. The summed E-state index contributed by atoms with van der Waals surface area (Å²) in [6.45, 7) is 12.7. The van der Waals surface area contributed by atoms with Crippen molar-refractivity contribution in [2.45, 2.75) is 39.8 Å². The van der Waals surface area contributed by atoms with Crippen LogP contribution in [0.25, 0.3) is 0 Å². The Kier molecular flexibility index (Phi) is 10.5. The molecular weight excluding hydrogens is 366 g/mol. The maximum atomic E-state index is 12.1. The number of hydrogen-bond donors (Lipinski definition) is 3. The molecule has 1 aromatic carbocycles. The Balaban J connectivity index is 1.77. The van der Waals surface area contributed by atoms with Gasteiger partial charge in [-0.05, 0) is 18.4 Å². The van der Waals surface area contributed by atoms with Crippen molar-refractivity contribution in [2.75, 3.05) is 45.9 Å². The van der Waals surface area contributed by atoms with Crippen LogP contribution in [0, 0.1) is 5.92 Å². The summed E-state index contributed by atoms with van der Waals surface area (Å²) in [6.07, 6.45) is 0.411. The number of carbonyl (C=O) groups is 1. The molecule has 0 aliphatic carbocycles. The molecule has 2 rings (SSSR count). The Morgan fingerprint density at radius 1 is 1.14 bits per heavy atom. The first kappa shape index (κ1) is 23.2. The molecule has 7 nitrogen and oxygen atoms in total. The number of rotatable bonds is 10. The number of nitrogens with one attached hydrogen (secondary N) is 3. The van der Waals surface area contributed by atoms with Gasteiger partial charge < -0.3 is 20.7 Å². The zero-order valence-electron chi connectivity index (χ0n) is 18.1. The average Bonchev–Trinajstić information content (AvgIpc) is 2.73. The van der Waals surface area contributed by atoms with Gasteiger partial charge in [-0.15, -0.1) is 0 Å². The lowest BCUT2D eigenvalue weighted by atomic mass is 10.0. The van der Waals surface area contributed by atoms with Gasteiger partial charge in [0, 0.05) is 45.2 Å². The van der Waals surface area contributed by atoms with Crippen molar-refractivity contribution in [3.8, 4) is 0 Å². The van der Waals surface area contributed by atoms with E-state index in [1.165, 1.54) is 0 Å². The van der Waals surface area contributed by atoms with E-state index in [1.54, 1.807) is 0 Å². The van der Waals surface area contributed by atoms with E-state index >= 15 is 0 Å². The summed E-state index contributed by atoms with van der Waals surface area (Å²) >= 11 is 0. The van der Waals surface area contributed by atoms with Crippen molar-refractivity contribution in [3.63, 3.8) is 0 Å². The zero-order chi connectivity index (χ0) is 20.9. The molecule has 0 radical (unpaired) electrons. The largest absolute Gasteiger partial charge is 0.379 e. The molecule has 1 aliphatic heterocycles. The van der Waals surface area contributed by atoms with E-state index in [1.807, 2.05) is 37.3 Å². The summed E-state index contributed by atoms with van der Waals surface area (Å²) in [5, 5.41) is 9.51. The third-order valence-corrected chi connectivity index (χ3v) is 5.04. The maximum absolute atomic E-state index is 12.1. The van der Waals surface area contributed by atoms with E-state index in [9.17, 15) is 4.79 Å². The van der Waals surface area contributed by atoms with Gasteiger partial charge in [-0.3, -0.25) is 14.7 Å². The van der Waals surface area contributed by atoms with Gasteiger partial charge in [0.15, 0.2) is 5.96 Å². The molecule has 0 aromatic heterocycles. The van der Waals surface area contributed by atoms with E-state index in [0.717, 1.165) is 50.9 Å². The van der Waals surface area contributed by atoms with E-state index < -0.39 is 0 Å². The van der Waals surface area contributed by atoms with Gasteiger partial charge in [0.2, 0.25) is 5.91 Å². The highest BCUT2D eigenvalue weighted by Crippen LogP contribution is 2.13. The predicted octanol–water partition coefficient (Wildman–Crippen LogP) is 1.60. The molecule has 0 bridgehead atoms. The predicted molar refractivity (Wildman–Crippen MR) is 118 cm³/mol. The van der Waals surface area contributed by atoms with E-state index in [2.05, 4.69) is 34.7 Å². The minimum Gasteiger partial charge on any atom is -0.379 e. The lowest BCUT2D eigenvalue weighted by Gasteiger charge is -2.36. The average molecular weight is 404 g/mol. The molecule has 3 N–H and O–H groups in total. The third-order valence-electron chi connectivity index (χ3n) is 5.04. The number of morpholine rings is 1. The number of ether oxygens (including phenoxy) is 1. The number of amides is 1.